The lowest BCUT2D eigenvalue weighted by Crippen LogP contribution is -2.19. The van der Waals surface area contributed by atoms with Gasteiger partial charge in [0, 0.05) is 33.1 Å². The summed E-state index contributed by atoms with van der Waals surface area (Å²) in [5.74, 6) is -0.754. The summed E-state index contributed by atoms with van der Waals surface area (Å²) in [6.07, 6.45) is 4.63. The molecule has 2 aliphatic rings. The number of aliphatic hydroxyl groups is 2. The molecule has 2 heterocycles. The molecule has 8 heteroatoms. The number of carbonyl (C=O) groups is 1. The monoisotopic (exact) mass is 425 g/mol. The van der Waals surface area contributed by atoms with Crippen molar-refractivity contribution in [3.63, 3.8) is 0 Å². The lowest BCUT2D eigenvalue weighted by atomic mass is 9.98. The number of benzene rings is 1. The van der Waals surface area contributed by atoms with Crippen molar-refractivity contribution < 1.29 is 24.9 Å². The van der Waals surface area contributed by atoms with Crippen LogP contribution in [-0.2, 0) is 0 Å². The fourth-order valence-corrected chi connectivity index (χ4v) is 5.14. The highest BCUT2D eigenvalue weighted by atomic mass is 32.1. The maximum absolute atomic E-state index is 12.8. The van der Waals surface area contributed by atoms with Gasteiger partial charge in [0.25, 0.3) is 0 Å². The number of pyridine rings is 1. The second-order valence-corrected chi connectivity index (χ2v) is 8.67. The van der Waals surface area contributed by atoms with Gasteiger partial charge in [0.1, 0.15) is 17.8 Å². The number of aliphatic hydroxyl groups excluding tert-OH is 2. The number of thiophene rings is 1. The van der Waals surface area contributed by atoms with Crippen LogP contribution in [0.4, 0.5) is 0 Å². The zero-order valence-corrected chi connectivity index (χ0v) is 16.8. The molecule has 1 fully saturated rings. The summed E-state index contributed by atoms with van der Waals surface area (Å²) in [5.41, 5.74) is 1.18. The van der Waals surface area contributed by atoms with Crippen LogP contribution in [0.5, 0.6) is 5.75 Å². The van der Waals surface area contributed by atoms with Crippen LogP contribution in [0.15, 0.2) is 35.3 Å². The third-order valence-corrected chi connectivity index (χ3v) is 6.81. The first-order chi connectivity index (χ1) is 14.4. The van der Waals surface area contributed by atoms with E-state index in [1.54, 1.807) is 24.3 Å². The number of methoxy groups -OCH3 is 1. The minimum atomic E-state index is -1.25. The molecule has 2 aromatic heterocycles. The Morgan fingerprint density at radius 3 is 2.70 bits per heavy atom. The Bertz CT molecular complexity index is 1280. The molecule has 1 saturated carbocycles. The maximum Gasteiger partial charge on any atom is 0.341 e. The lowest BCUT2D eigenvalue weighted by molar-refractivity contribution is 0.0474. The Hall–Kier alpha value is -2.94. The summed E-state index contributed by atoms with van der Waals surface area (Å²) in [7, 11) is 1.52. The van der Waals surface area contributed by atoms with Crippen LogP contribution >= 0.6 is 11.3 Å². The molecular formula is C22H19NO6S. The van der Waals surface area contributed by atoms with E-state index in [9.17, 15) is 24.9 Å². The van der Waals surface area contributed by atoms with Gasteiger partial charge in [-0.3, -0.25) is 4.79 Å². The number of ether oxygens (including phenoxy) is 1. The van der Waals surface area contributed by atoms with Crippen molar-refractivity contribution >= 4 is 34.3 Å². The smallest absolute Gasteiger partial charge is 0.341 e. The van der Waals surface area contributed by atoms with E-state index < -0.39 is 23.6 Å². The van der Waals surface area contributed by atoms with Crippen molar-refractivity contribution in [3.8, 4) is 16.2 Å². The second-order valence-electron chi connectivity index (χ2n) is 7.58. The van der Waals surface area contributed by atoms with Crippen molar-refractivity contribution in [2.24, 2.45) is 0 Å². The van der Waals surface area contributed by atoms with Crippen molar-refractivity contribution in [1.29, 1.82) is 0 Å². The standard InChI is InChI=1S/C22H19NO6S/c1-29-21-11(17-8-13-16(30-17)7-6-15(24)20(13)26)4-5-12-18(21)23(10-2-3-10)9-14(19(12)25)22(27)28/h4-10,15,20,24,26H,2-3H2,1H3,(H,27,28). The van der Waals surface area contributed by atoms with Crippen molar-refractivity contribution in [1.82, 2.24) is 4.57 Å². The van der Waals surface area contributed by atoms with E-state index in [2.05, 4.69) is 0 Å². The van der Waals surface area contributed by atoms with Crippen LogP contribution in [-0.4, -0.2) is 39.1 Å². The normalized spacial score (nSPS) is 20.4. The van der Waals surface area contributed by atoms with Gasteiger partial charge < -0.3 is 24.6 Å². The SMILES string of the molecule is COc1c(-c2cc3c(s2)C=CC(O)C3O)ccc2c(=O)c(C(=O)O)cn(C3CC3)c12. The van der Waals surface area contributed by atoms with Gasteiger partial charge in [-0.1, -0.05) is 6.08 Å². The van der Waals surface area contributed by atoms with Gasteiger partial charge in [0.05, 0.1) is 18.0 Å². The number of rotatable bonds is 4. The quantitative estimate of drug-likeness (QED) is 0.592. The van der Waals surface area contributed by atoms with E-state index in [4.69, 9.17) is 4.74 Å². The number of fused-ring (bicyclic) bond motifs is 2. The Labute approximate surface area is 175 Å². The van der Waals surface area contributed by atoms with E-state index in [0.29, 0.717) is 22.2 Å². The highest BCUT2D eigenvalue weighted by molar-refractivity contribution is 7.16. The van der Waals surface area contributed by atoms with Gasteiger partial charge in [0.15, 0.2) is 5.75 Å². The summed E-state index contributed by atoms with van der Waals surface area (Å²) in [6.45, 7) is 0. The van der Waals surface area contributed by atoms with E-state index in [0.717, 1.165) is 28.2 Å². The fraction of sp³-hybridized carbons (Fsp3) is 0.273. The fourth-order valence-electron chi connectivity index (χ4n) is 4.00. The van der Waals surface area contributed by atoms with E-state index in [-0.39, 0.29) is 11.6 Å². The molecule has 3 N–H and O–H groups in total. The number of aromatic carboxylic acids is 1. The minimum Gasteiger partial charge on any atom is -0.494 e. The molecule has 0 aliphatic heterocycles. The third-order valence-electron chi connectivity index (χ3n) is 5.67. The molecule has 3 aromatic rings. The molecule has 0 spiro atoms. The number of nitrogens with zero attached hydrogens (tertiary/aromatic N) is 1. The number of hydrogen-bond acceptors (Lipinski definition) is 6. The average Bonchev–Trinajstić information content (AvgIpc) is 3.48. The van der Waals surface area contributed by atoms with Crippen molar-refractivity contribution in [3.05, 3.63) is 56.7 Å². The van der Waals surface area contributed by atoms with Crippen LogP contribution in [0.1, 0.15) is 45.8 Å². The Kier molecular flexibility index (Phi) is 4.32. The highest BCUT2D eigenvalue weighted by Crippen LogP contribution is 2.46. The molecule has 5 rings (SSSR count). The topological polar surface area (TPSA) is 109 Å². The zero-order valence-electron chi connectivity index (χ0n) is 16.0. The molecule has 2 unspecified atom stereocenters. The number of hydrogen-bond donors (Lipinski definition) is 3. The molecular weight excluding hydrogens is 406 g/mol. The summed E-state index contributed by atoms with van der Waals surface area (Å²) in [6, 6.07) is 5.34. The van der Waals surface area contributed by atoms with Gasteiger partial charge >= 0.3 is 5.97 Å². The molecule has 0 amide bonds. The van der Waals surface area contributed by atoms with E-state index in [1.165, 1.54) is 24.6 Å². The first-order valence-electron chi connectivity index (χ1n) is 9.58. The van der Waals surface area contributed by atoms with Crippen LogP contribution in [0.3, 0.4) is 0 Å². The van der Waals surface area contributed by atoms with Crippen molar-refractivity contribution in [2.45, 2.75) is 31.1 Å². The van der Waals surface area contributed by atoms with Crippen LogP contribution in [0.25, 0.3) is 27.4 Å². The lowest BCUT2D eigenvalue weighted by Gasteiger charge is -2.18. The molecule has 30 heavy (non-hydrogen) atoms. The largest absolute Gasteiger partial charge is 0.494 e. The van der Waals surface area contributed by atoms with Gasteiger partial charge in [-0.25, -0.2) is 4.79 Å². The predicted molar refractivity (Wildman–Crippen MR) is 113 cm³/mol. The van der Waals surface area contributed by atoms with Crippen LogP contribution < -0.4 is 10.2 Å². The van der Waals surface area contributed by atoms with Gasteiger partial charge in [-0.15, -0.1) is 11.3 Å². The average molecular weight is 425 g/mol. The number of aromatic nitrogens is 1. The van der Waals surface area contributed by atoms with Crippen molar-refractivity contribution in [2.75, 3.05) is 7.11 Å². The summed E-state index contributed by atoms with van der Waals surface area (Å²) < 4.78 is 7.58. The van der Waals surface area contributed by atoms with Gasteiger partial charge in [-0.2, -0.15) is 0 Å². The predicted octanol–water partition coefficient (Wildman–Crippen LogP) is 3.19. The molecule has 2 atom stereocenters. The Morgan fingerprint density at radius 1 is 1.27 bits per heavy atom. The molecule has 0 saturated heterocycles. The van der Waals surface area contributed by atoms with Gasteiger partial charge in [-0.05, 0) is 37.1 Å². The third kappa shape index (κ3) is 2.79. The Balaban J connectivity index is 1.78. The summed E-state index contributed by atoms with van der Waals surface area (Å²) in [4.78, 5) is 26.1. The molecule has 0 bridgehead atoms. The molecule has 7 nitrogen and oxygen atoms in total. The van der Waals surface area contributed by atoms with Gasteiger partial charge in [0.2, 0.25) is 5.43 Å². The second kappa shape index (κ2) is 6.80. The molecule has 2 aliphatic carbocycles. The summed E-state index contributed by atoms with van der Waals surface area (Å²) in [5, 5.41) is 30.0. The number of carboxylic acid groups (broad SMARTS) is 1. The summed E-state index contributed by atoms with van der Waals surface area (Å²) >= 11 is 1.46. The number of carboxylic acids is 1. The maximum atomic E-state index is 12.8. The van der Waals surface area contributed by atoms with Crippen LogP contribution in [0, 0.1) is 0 Å². The molecule has 0 radical (unpaired) electrons. The molecule has 154 valence electrons. The first kappa shape index (κ1) is 19.0. The minimum absolute atomic E-state index is 0.131. The van der Waals surface area contributed by atoms with Crippen LogP contribution in [0.2, 0.25) is 0 Å². The first-order valence-corrected chi connectivity index (χ1v) is 10.4. The molecule has 1 aromatic carbocycles. The highest BCUT2D eigenvalue weighted by Gasteiger charge is 2.30. The Morgan fingerprint density at radius 2 is 2.03 bits per heavy atom. The van der Waals surface area contributed by atoms with E-state index >= 15 is 0 Å². The van der Waals surface area contributed by atoms with E-state index in [1.807, 2.05) is 10.6 Å². The zero-order chi connectivity index (χ0) is 21.2.